The molecule has 2 N–H and O–H groups in total. The minimum atomic E-state index is -6.09. The lowest BCUT2D eigenvalue weighted by atomic mass is 10.1. The highest BCUT2D eigenvalue weighted by molar-refractivity contribution is 7.87. The van der Waals surface area contributed by atoms with Gasteiger partial charge in [0.2, 0.25) is 0 Å². The molecule has 0 aromatic rings. The van der Waals surface area contributed by atoms with Crippen LogP contribution in [0.1, 0.15) is 77.0 Å². The van der Waals surface area contributed by atoms with E-state index in [1.807, 2.05) is 0 Å². The molecule has 2 saturated heterocycles. The Morgan fingerprint density at radius 1 is 0.458 bits per heavy atom. The molecule has 0 aromatic heterocycles. The predicted octanol–water partition coefficient (Wildman–Crippen LogP) is 3.21. The highest BCUT2D eigenvalue weighted by atomic mass is 32.2. The lowest BCUT2D eigenvalue weighted by molar-refractivity contribution is -0.917. The largest absolute Gasteiger partial charge is 0.741 e. The van der Waals surface area contributed by atoms with Crippen molar-refractivity contribution in [3.05, 3.63) is 0 Å². The summed E-state index contributed by atoms with van der Waals surface area (Å²) < 4.78 is 182. The van der Waals surface area contributed by atoms with E-state index in [-0.39, 0.29) is 11.5 Å². The van der Waals surface area contributed by atoms with Gasteiger partial charge in [0.15, 0.2) is 20.2 Å². The normalized spacial score (nSPS) is 18.5. The topological polar surface area (TPSA) is 223 Å². The van der Waals surface area contributed by atoms with Gasteiger partial charge in [-0.05, 0) is 51.4 Å². The molecule has 2 aliphatic rings. The van der Waals surface area contributed by atoms with Gasteiger partial charge in [-0.3, -0.25) is 9.11 Å². The SMILES string of the molecule is O=S(=O)(O)CCCC[N+]1(CCCCCC[N+]2(CCCCS(=O)(=O)O)CCCC2)CCCC1.O=S(=O)([O-])C(F)(F)F.O=S(=O)([O-])C(F)(F)F. The zero-order valence-electron chi connectivity index (χ0n) is 26.3. The maximum absolute atomic E-state index is 10.9. The molecule has 2 aliphatic heterocycles. The van der Waals surface area contributed by atoms with E-state index in [4.69, 9.17) is 35.0 Å². The van der Waals surface area contributed by atoms with Gasteiger partial charge in [0.05, 0.1) is 63.9 Å². The van der Waals surface area contributed by atoms with E-state index in [0.717, 1.165) is 34.9 Å². The van der Waals surface area contributed by atoms with Crippen molar-refractivity contribution in [1.82, 2.24) is 0 Å². The third-order valence-electron chi connectivity index (χ3n) is 8.18. The van der Waals surface area contributed by atoms with Gasteiger partial charge in [-0.1, -0.05) is 0 Å². The van der Waals surface area contributed by atoms with Crippen molar-refractivity contribution in [2.45, 2.75) is 88.1 Å². The van der Waals surface area contributed by atoms with Crippen LogP contribution >= 0.6 is 0 Å². The fourth-order valence-corrected chi connectivity index (χ4v) is 6.98. The molecule has 0 aliphatic carbocycles. The zero-order valence-corrected chi connectivity index (χ0v) is 29.6. The molecule has 0 unspecified atom stereocenters. The highest BCUT2D eigenvalue weighted by Crippen LogP contribution is 2.25. The molecule has 0 saturated carbocycles. The van der Waals surface area contributed by atoms with Crippen molar-refractivity contribution in [2.75, 3.05) is 63.9 Å². The Bertz CT molecular complexity index is 1270. The Labute approximate surface area is 279 Å². The Morgan fingerprint density at radius 3 is 0.854 bits per heavy atom. The zero-order chi connectivity index (χ0) is 37.6. The number of quaternary nitrogens is 2. The molecule has 0 bridgehead atoms. The third kappa shape index (κ3) is 21.4. The van der Waals surface area contributed by atoms with Gasteiger partial charge in [0.25, 0.3) is 20.2 Å². The number of halogens is 6. The molecule has 0 aromatic carbocycles. The summed E-state index contributed by atoms with van der Waals surface area (Å²) in [5.41, 5.74) is -11.3. The number of unbranched alkanes of at least 4 members (excludes halogenated alkanes) is 5. The van der Waals surface area contributed by atoms with E-state index < -0.39 is 51.5 Å². The number of hydrogen-bond acceptors (Lipinski definition) is 10. The molecule has 0 amide bonds. The number of alkyl halides is 6. The van der Waals surface area contributed by atoms with E-state index in [2.05, 4.69) is 0 Å². The summed E-state index contributed by atoms with van der Waals surface area (Å²) in [6.45, 7) is 9.23. The van der Waals surface area contributed by atoms with E-state index in [9.17, 15) is 43.2 Å². The predicted molar refractivity (Wildman–Crippen MR) is 159 cm³/mol. The van der Waals surface area contributed by atoms with E-state index in [1.165, 1.54) is 90.6 Å². The minimum Gasteiger partial charge on any atom is -0.741 e. The van der Waals surface area contributed by atoms with Gasteiger partial charge >= 0.3 is 11.0 Å². The van der Waals surface area contributed by atoms with Gasteiger partial charge in [-0.25, -0.2) is 16.8 Å². The summed E-state index contributed by atoms with van der Waals surface area (Å²) in [4.78, 5) is 0. The summed E-state index contributed by atoms with van der Waals surface area (Å²) >= 11 is 0. The standard InChI is InChI=1S/C22H44N2O6S2.2CHF3O3S/c25-31(26,27)21-11-9-19-23(15-5-6-16-23)13-3-1-2-4-14-24(17-7-8-18-24)20-10-12-22-32(28,29)30;2*2-1(3,4)8(5,6)7/h1-22H2;2*(H,5,6,7). The molecule has 2 fully saturated rings. The molecule has 2 heterocycles. The first-order valence-corrected chi connectivity index (χ1v) is 21.2. The van der Waals surface area contributed by atoms with Crippen molar-refractivity contribution < 1.29 is 87.2 Å². The molecule has 24 heteroatoms. The van der Waals surface area contributed by atoms with Crippen LogP contribution in [-0.4, -0.2) is 136 Å². The van der Waals surface area contributed by atoms with Crippen LogP contribution in [0, 0.1) is 0 Å². The smallest absolute Gasteiger partial charge is 0.485 e. The highest BCUT2D eigenvalue weighted by Gasteiger charge is 2.37. The second-order valence-electron chi connectivity index (χ2n) is 12.1. The second kappa shape index (κ2) is 19.7. The summed E-state index contributed by atoms with van der Waals surface area (Å²) in [6, 6.07) is 0. The number of nitrogens with zero attached hydrogens (tertiary/aromatic N) is 2. The minimum absolute atomic E-state index is 0.122. The summed E-state index contributed by atoms with van der Waals surface area (Å²) in [5.74, 6) is -0.244. The first-order chi connectivity index (χ1) is 21.5. The van der Waals surface area contributed by atoms with E-state index in [1.54, 1.807) is 0 Å². The molecular weight excluding hydrogens is 751 g/mol. The maximum Gasteiger partial charge on any atom is 0.485 e. The van der Waals surface area contributed by atoms with Crippen molar-refractivity contribution in [3.63, 3.8) is 0 Å². The van der Waals surface area contributed by atoms with Crippen LogP contribution in [0.5, 0.6) is 0 Å². The van der Waals surface area contributed by atoms with Gasteiger partial charge in [-0.15, -0.1) is 0 Å². The average Bonchev–Trinajstić information content (AvgIpc) is 3.55. The summed E-state index contributed by atoms with van der Waals surface area (Å²) in [5, 5.41) is 0. The van der Waals surface area contributed by atoms with Gasteiger partial charge in [0.1, 0.15) is 0 Å². The van der Waals surface area contributed by atoms with Crippen molar-refractivity contribution in [1.29, 1.82) is 0 Å². The van der Waals surface area contributed by atoms with Crippen molar-refractivity contribution >= 4 is 40.5 Å². The Morgan fingerprint density at radius 2 is 0.667 bits per heavy atom. The van der Waals surface area contributed by atoms with Crippen LogP contribution in [0.25, 0.3) is 0 Å². The van der Waals surface area contributed by atoms with Gasteiger partial charge in [0, 0.05) is 25.7 Å². The fraction of sp³-hybridized carbons (Fsp3) is 1.00. The van der Waals surface area contributed by atoms with E-state index >= 15 is 0 Å². The molecule has 48 heavy (non-hydrogen) atoms. The number of likely N-dealkylation sites (tertiary alicyclic amines) is 2. The molecule has 0 radical (unpaired) electrons. The van der Waals surface area contributed by atoms with Crippen LogP contribution in [0.2, 0.25) is 0 Å². The summed E-state index contributed by atoms with van der Waals surface area (Å²) in [6.07, 6.45) is 12.7. The van der Waals surface area contributed by atoms with Crippen LogP contribution < -0.4 is 0 Å². The molecule has 0 spiro atoms. The second-order valence-corrected chi connectivity index (χ2v) is 18.0. The number of hydrogen-bond donors (Lipinski definition) is 2. The monoisotopic (exact) mass is 796 g/mol. The average molecular weight is 797 g/mol. The van der Waals surface area contributed by atoms with Crippen molar-refractivity contribution in [3.8, 4) is 0 Å². The van der Waals surface area contributed by atoms with Gasteiger partial charge < -0.3 is 18.1 Å². The van der Waals surface area contributed by atoms with Crippen molar-refractivity contribution in [2.24, 2.45) is 0 Å². The first kappa shape index (κ1) is 47.1. The van der Waals surface area contributed by atoms with Crippen LogP contribution in [0.4, 0.5) is 26.3 Å². The lowest BCUT2D eigenvalue weighted by Crippen LogP contribution is -2.47. The Hall–Kier alpha value is -0.860. The molecule has 14 nitrogen and oxygen atoms in total. The number of rotatable bonds is 17. The Kier molecular flexibility index (Phi) is 19.3. The van der Waals surface area contributed by atoms with Gasteiger partial charge in [-0.2, -0.15) is 43.2 Å². The van der Waals surface area contributed by atoms with E-state index in [0.29, 0.717) is 12.8 Å². The molecular formula is C24H46F6N2O12S4. The van der Waals surface area contributed by atoms with Crippen LogP contribution in [0.3, 0.4) is 0 Å². The molecule has 290 valence electrons. The molecule has 2 rings (SSSR count). The molecule has 0 atom stereocenters. The van der Waals surface area contributed by atoms with Crippen LogP contribution in [0.15, 0.2) is 0 Å². The van der Waals surface area contributed by atoms with Crippen LogP contribution in [-0.2, 0) is 40.5 Å². The fourth-order valence-electron chi connectivity index (χ4n) is 5.84. The maximum atomic E-state index is 10.9. The third-order valence-corrected chi connectivity index (χ3v) is 10.9. The summed E-state index contributed by atoms with van der Waals surface area (Å²) in [7, 11) is -19.9. The lowest BCUT2D eigenvalue weighted by Gasteiger charge is -2.35. The Balaban J connectivity index is 0.00000113. The first-order valence-electron chi connectivity index (χ1n) is 15.2. The quantitative estimate of drug-likeness (QED) is 0.0712.